The van der Waals surface area contributed by atoms with E-state index in [0.29, 0.717) is 24.5 Å². The first-order valence-corrected chi connectivity index (χ1v) is 6.35. The summed E-state index contributed by atoms with van der Waals surface area (Å²) < 4.78 is 5.14. The SMILES string of the molecule is COC(CN)CC(=O)N1CCc2ccc(Cl)cc21.Cl. The minimum atomic E-state index is -0.222. The van der Waals surface area contributed by atoms with Gasteiger partial charge in [-0.15, -0.1) is 12.4 Å². The average Bonchev–Trinajstić information content (AvgIpc) is 2.78. The van der Waals surface area contributed by atoms with Crippen LogP contribution in [0.4, 0.5) is 5.69 Å². The van der Waals surface area contributed by atoms with E-state index in [1.54, 1.807) is 12.0 Å². The van der Waals surface area contributed by atoms with Crippen LogP contribution in [0.15, 0.2) is 18.2 Å². The molecule has 0 fully saturated rings. The highest BCUT2D eigenvalue weighted by Crippen LogP contribution is 2.31. The fraction of sp³-hybridized carbons (Fsp3) is 0.462. The van der Waals surface area contributed by atoms with Crippen LogP contribution in [0, 0.1) is 0 Å². The number of ether oxygens (including phenoxy) is 1. The lowest BCUT2D eigenvalue weighted by Gasteiger charge is -2.20. The number of carbonyl (C=O) groups excluding carboxylic acids is 1. The van der Waals surface area contributed by atoms with E-state index in [9.17, 15) is 4.79 Å². The van der Waals surface area contributed by atoms with Crippen molar-refractivity contribution >= 4 is 35.6 Å². The van der Waals surface area contributed by atoms with Crippen molar-refractivity contribution in [1.82, 2.24) is 0 Å². The Bertz CT molecular complexity index is 450. The van der Waals surface area contributed by atoms with Crippen LogP contribution in [0.5, 0.6) is 0 Å². The first kappa shape index (κ1) is 16.2. The molecule has 1 unspecified atom stereocenters. The summed E-state index contributed by atoms with van der Waals surface area (Å²) in [6.45, 7) is 1.05. The predicted octanol–water partition coefficient (Wildman–Crippen LogP) is 2.01. The summed E-state index contributed by atoms with van der Waals surface area (Å²) in [7, 11) is 1.57. The summed E-state index contributed by atoms with van der Waals surface area (Å²) in [5.74, 6) is 0.0355. The third kappa shape index (κ3) is 3.60. The van der Waals surface area contributed by atoms with Gasteiger partial charge in [-0.05, 0) is 24.1 Å². The highest BCUT2D eigenvalue weighted by molar-refractivity contribution is 6.31. The third-order valence-corrected chi connectivity index (χ3v) is 3.48. The molecule has 1 aromatic carbocycles. The molecule has 6 heteroatoms. The number of hydrogen-bond acceptors (Lipinski definition) is 3. The standard InChI is InChI=1S/C13H17ClN2O2.ClH/c1-18-11(8-15)7-13(17)16-5-4-9-2-3-10(14)6-12(9)16;/h2-3,6,11H,4-5,7-8,15H2,1H3;1H. The normalized spacial score (nSPS) is 14.8. The molecule has 0 spiro atoms. The summed E-state index contributed by atoms with van der Waals surface area (Å²) in [6.07, 6.45) is 0.957. The molecule has 2 rings (SSSR count). The van der Waals surface area contributed by atoms with E-state index in [1.165, 1.54) is 0 Å². The second kappa shape index (κ2) is 7.10. The van der Waals surface area contributed by atoms with Crippen LogP contribution >= 0.6 is 24.0 Å². The predicted molar refractivity (Wildman–Crippen MR) is 79.2 cm³/mol. The van der Waals surface area contributed by atoms with Gasteiger partial charge >= 0.3 is 0 Å². The molecule has 1 aliphatic heterocycles. The summed E-state index contributed by atoms with van der Waals surface area (Å²) in [4.78, 5) is 14.0. The van der Waals surface area contributed by atoms with Crippen molar-refractivity contribution in [1.29, 1.82) is 0 Å². The number of rotatable bonds is 4. The fourth-order valence-corrected chi connectivity index (χ4v) is 2.35. The summed E-state index contributed by atoms with van der Waals surface area (Å²) in [5.41, 5.74) is 7.61. The van der Waals surface area contributed by atoms with Gasteiger partial charge in [0.2, 0.25) is 5.91 Å². The van der Waals surface area contributed by atoms with Crippen LogP contribution in [0.1, 0.15) is 12.0 Å². The summed E-state index contributed by atoms with van der Waals surface area (Å²) >= 11 is 5.97. The number of nitrogens with two attached hydrogens (primary N) is 1. The number of carbonyl (C=O) groups is 1. The van der Waals surface area contributed by atoms with Gasteiger partial charge in [0.1, 0.15) is 0 Å². The van der Waals surface area contributed by atoms with Crippen molar-refractivity contribution in [2.45, 2.75) is 18.9 Å². The van der Waals surface area contributed by atoms with E-state index >= 15 is 0 Å². The van der Waals surface area contributed by atoms with Crippen molar-refractivity contribution in [3.05, 3.63) is 28.8 Å². The smallest absolute Gasteiger partial charge is 0.229 e. The molecule has 0 radical (unpaired) electrons. The second-order valence-corrected chi connectivity index (χ2v) is 4.80. The minimum absolute atomic E-state index is 0. The molecule has 1 amide bonds. The first-order valence-electron chi connectivity index (χ1n) is 5.97. The number of methoxy groups -OCH3 is 1. The Morgan fingerprint density at radius 3 is 2.95 bits per heavy atom. The van der Waals surface area contributed by atoms with Crippen LogP contribution in [-0.4, -0.2) is 32.2 Å². The minimum Gasteiger partial charge on any atom is -0.380 e. The number of benzene rings is 1. The second-order valence-electron chi connectivity index (χ2n) is 4.37. The van der Waals surface area contributed by atoms with E-state index < -0.39 is 0 Å². The first-order chi connectivity index (χ1) is 8.65. The molecule has 4 nitrogen and oxygen atoms in total. The molecule has 2 N–H and O–H groups in total. The maximum Gasteiger partial charge on any atom is 0.229 e. The number of halogens is 2. The highest BCUT2D eigenvalue weighted by atomic mass is 35.5. The Labute approximate surface area is 124 Å². The molecule has 19 heavy (non-hydrogen) atoms. The van der Waals surface area contributed by atoms with Gasteiger partial charge in [-0.1, -0.05) is 17.7 Å². The molecule has 1 heterocycles. The molecule has 1 atom stereocenters. The Kier molecular flexibility index (Phi) is 6.07. The Morgan fingerprint density at radius 2 is 2.32 bits per heavy atom. The maximum atomic E-state index is 12.2. The maximum absolute atomic E-state index is 12.2. The molecular weight excluding hydrogens is 287 g/mol. The largest absolute Gasteiger partial charge is 0.380 e. The zero-order valence-corrected chi connectivity index (χ0v) is 12.3. The zero-order chi connectivity index (χ0) is 13.1. The Morgan fingerprint density at radius 1 is 1.58 bits per heavy atom. The van der Waals surface area contributed by atoms with Gasteiger partial charge in [0.25, 0.3) is 0 Å². The van der Waals surface area contributed by atoms with Gasteiger partial charge in [-0.2, -0.15) is 0 Å². The summed E-state index contributed by atoms with van der Waals surface area (Å²) in [5, 5.41) is 0.649. The van der Waals surface area contributed by atoms with Crippen LogP contribution in [0.3, 0.4) is 0 Å². The van der Waals surface area contributed by atoms with Crippen molar-refractivity contribution in [3.8, 4) is 0 Å². The average molecular weight is 305 g/mol. The van der Waals surface area contributed by atoms with Gasteiger partial charge in [-0.25, -0.2) is 0 Å². The number of anilines is 1. The Balaban J connectivity index is 0.00000180. The van der Waals surface area contributed by atoms with E-state index in [0.717, 1.165) is 17.7 Å². The molecule has 1 aromatic rings. The quantitative estimate of drug-likeness (QED) is 0.926. The van der Waals surface area contributed by atoms with E-state index in [-0.39, 0.29) is 24.4 Å². The molecule has 0 aliphatic carbocycles. The highest BCUT2D eigenvalue weighted by Gasteiger charge is 2.26. The van der Waals surface area contributed by atoms with Gasteiger partial charge in [0.15, 0.2) is 0 Å². The number of fused-ring (bicyclic) bond motifs is 1. The van der Waals surface area contributed by atoms with Crippen LogP contribution in [-0.2, 0) is 16.0 Å². The molecular formula is C13H18Cl2N2O2. The van der Waals surface area contributed by atoms with E-state index in [4.69, 9.17) is 22.1 Å². The van der Waals surface area contributed by atoms with Crippen LogP contribution < -0.4 is 10.6 Å². The van der Waals surface area contributed by atoms with Gasteiger partial charge < -0.3 is 15.4 Å². The topological polar surface area (TPSA) is 55.6 Å². The van der Waals surface area contributed by atoms with Crippen LogP contribution in [0.25, 0.3) is 0 Å². The van der Waals surface area contributed by atoms with Gasteiger partial charge in [0.05, 0.1) is 12.5 Å². The number of nitrogens with zero attached hydrogens (tertiary/aromatic N) is 1. The number of hydrogen-bond donors (Lipinski definition) is 1. The molecule has 1 aliphatic rings. The van der Waals surface area contributed by atoms with Crippen LogP contribution in [0.2, 0.25) is 5.02 Å². The van der Waals surface area contributed by atoms with E-state index in [1.807, 2.05) is 18.2 Å². The lowest BCUT2D eigenvalue weighted by molar-refractivity contribution is -0.120. The molecule has 0 saturated heterocycles. The van der Waals surface area contributed by atoms with E-state index in [2.05, 4.69) is 0 Å². The lowest BCUT2D eigenvalue weighted by atomic mass is 10.1. The van der Waals surface area contributed by atoms with Gasteiger partial charge in [0, 0.05) is 30.9 Å². The molecule has 0 aromatic heterocycles. The molecule has 106 valence electrons. The summed E-state index contributed by atoms with van der Waals surface area (Å²) in [6, 6.07) is 5.67. The number of amides is 1. The van der Waals surface area contributed by atoms with Gasteiger partial charge in [-0.3, -0.25) is 4.79 Å². The van der Waals surface area contributed by atoms with Crippen molar-refractivity contribution in [2.75, 3.05) is 25.1 Å². The van der Waals surface area contributed by atoms with Crippen molar-refractivity contribution < 1.29 is 9.53 Å². The zero-order valence-electron chi connectivity index (χ0n) is 10.8. The monoisotopic (exact) mass is 304 g/mol. The Hall–Kier alpha value is -0.810. The fourth-order valence-electron chi connectivity index (χ4n) is 2.18. The van der Waals surface area contributed by atoms with Crippen molar-refractivity contribution in [2.24, 2.45) is 5.73 Å². The molecule has 0 bridgehead atoms. The molecule has 0 saturated carbocycles. The lowest BCUT2D eigenvalue weighted by Crippen LogP contribution is -2.35. The third-order valence-electron chi connectivity index (χ3n) is 3.24. The van der Waals surface area contributed by atoms with Crippen molar-refractivity contribution in [3.63, 3.8) is 0 Å².